The molecule has 0 radical (unpaired) electrons. The molecule has 9 nitrogen and oxygen atoms in total. The Bertz CT molecular complexity index is 1760. The van der Waals surface area contributed by atoms with Crippen LogP contribution in [0.4, 0.5) is 5.69 Å². The first-order valence-electron chi connectivity index (χ1n) is 15.4. The predicted octanol–water partition coefficient (Wildman–Crippen LogP) is 5.68. The molecule has 0 fully saturated rings. The number of methoxy groups -OCH3 is 2. The first kappa shape index (κ1) is 35.0. The van der Waals surface area contributed by atoms with E-state index in [0.717, 1.165) is 26.6 Å². The van der Waals surface area contributed by atoms with Gasteiger partial charge in [0.2, 0.25) is 11.8 Å². The van der Waals surface area contributed by atoms with Gasteiger partial charge in [-0.05, 0) is 63.1 Å². The van der Waals surface area contributed by atoms with Crippen molar-refractivity contribution in [2.45, 2.75) is 57.6 Å². The topological polar surface area (TPSA) is 105 Å². The van der Waals surface area contributed by atoms with Gasteiger partial charge in [0.05, 0.1) is 24.8 Å². The van der Waals surface area contributed by atoms with E-state index < -0.39 is 28.5 Å². The Hall–Kier alpha value is -4.83. The van der Waals surface area contributed by atoms with E-state index in [1.165, 1.54) is 37.3 Å². The zero-order chi connectivity index (χ0) is 34.1. The van der Waals surface area contributed by atoms with Crippen molar-refractivity contribution in [1.82, 2.24) is 10.2 Å². The number of hydrogen-bond donors (Lipinski definition) is 1. The summed E-state index contributed by atoms with van der Waals surface area (Å²) in [6.07, 6.45) is 0.240. The van der Waals surface area contributed by atoms with Gasteiger partial charge in [-0.1, -0.05) is 77.9 Å². The van der Waals surface area contributed by atoms with Crippen LogP contribution in [0, 0.1) is 13.8 Å². The van der Waals surface area contributed by atoms with Crippen molar-refractivity contribution in [2.24, 2.45) is 0 Å². The van der Waals surface area contributed by atoms with Crippen LogP contribution >= 0.6 is 0 Å². The maximum Gasteiger partial charge on any atom is 0.264 e. The van der Waals surface area contributed by atoms with E-state index in [4.69, 9.17) is 9.47 Å². The van der Waals surface area contributed by atoms with Crippen molar-refractivity contribution in [3.8, 4) is 11.5 Å². The number of rotatable bonds is 14. The Balaban J connectivity index is 1.82. The molecule has 4 aromatic rings. The Morgan fingerprint density at radius 2 is 1.36 bits per heavy atom. The lowest BCUT2D eigenvalue weighted by molar-refractivity contribution is -0.140. The van der Waals surface area contributed by atoms with Crippen LogP contribution in [0.15, 0.2) is 102 Å². The SMILES string of the molecule is COc1ccc(S(=O)(=O)N(CC(=O)N(Cc2ccc(C)cc2)[C@@H](Cc2ccccc2)C(=O)NC(C)C)c2ccc(C)cc2)cc1OC. The number of sulfonamides is 1. The van der Waals surface area contributed by atoms with Crippen molar-refractivity contribution in [3.63, 3.8) is 0 Å². The number of carbonyl (C=O) groups is 2. The van der Waals surface area contributed by atoms with E-state index in [2.05, 4.69) is 5.32 Å². The van der Waals surface area contributed by atoms with Gasteiger partial charge in [0.1, 0.15) is 12.6 Å². The van der Waals surface area contributed by atoms with Gasteiger partial charge in [0.15, 0.2) is 11.5 Å². The van der Waals surface area contributed by atoms with Gasteiger partial charge >= 0.3 is 0 Å². The second-order valence-electron chi connectivity index (χ2n) is 11.7. The highest BCUT2D eigenvalue weighted by atomic mass is 32.2. The van der Waals surface area contributed by atoms with Gasteiger partial charge in [0, 0.05) is 25.1 Å². The first-order chi connectivity index (χ1) is 22.4. The molecular formula is C37H43N3O6S. The molecule has 0 aromatic heterocycles. The second kappa shape index (κ2) is 15.6. The summed E-state index contributed by atoms with van der Waals surface area (Å²) in [6.45, 7) is 7.13. The Labute approximate surface area is 278 Å². The molecule has 1 atom stereocenters. The number of amides is 2. The number of carbonyl (C=O) groups excluding carboxylic acids is 2. The van der Waals surface area contributed by atoms with Crippen LogP contribution in [-0.2, 0) is 32.6 Å². The molecule has 248 valence electrons. The number of ether oxygens (including phenoxy) is 2. The number of nitrogens with zero attached hydrogens (tertiary/aromatic N) is 2. The molecule has 0 bridgehead atoms. The molecule has 0 spiro atoms. The molecule has 0 saturated heterocycles. The third kappa shape index (κ3) is 8.92. The molecule has 0 saturated carbocycles. The third-order valence-corrected chi connectivity index (χ3v) is 9.49. The van der Waals surface area contributed by atoms with Crippen molar-refractivity contribution < 1.29 is 27.5 Å². The molecule has 0 unspecified atom stereocenters. The largest absolute Gasteiger partial charge is 0.493 e. The molecule has 2 amide bonds. The molecule has 0 aliphatic heterocycles. The Morgan fingerprint density at radius 1 is 0.766 bits per heavy atom. The highest BCUT2D eigenvalue weighted by Crippen LogP contribution is 2.32. The smallest absolute Gasteiger partial charge is 0.264 e. The molecule has 1 N–H and O–H groups in total. The molecule has 0 aliphatic carbocycles. The summed E-state index contributed by atoms with van der Waals surface area (Å²) in [5.74, 6) is -0.254. The Morgan fingerprint density at radius 3 is 1.94 bits per heavy atom. The van der Waals surface area contributed by atoms with E-state index in [1.54, 1.807) is 24.3 Å². The van der Waals surface area contributed by atoms with Crippen molar-refractivity contribution in [1.29, 1.82) is 0 Å². The van der Waals surface area contributed by atoms with Crippen LogP contribution < -0.4 is 19.1 Å². The van der Waals surface area contributed by atoms with Crippen LogP contribution in [-0.4, -0.2) is 58.0 Å². The van der Waals surface area contributed by atoms with Gasteiger partial charge in [-0.2, -0.15) is 0 Å². The molecule has 0 aliphatic rings. The highest BCUT2D eigenvalue weighted by Gasteiger charge is 2.35. The van der Waals surface area contributed by atoms with Gasteiger partial charge in [-0.15, -0.1) is 0 Å². The average molecular weight is 658 g/mol. The summed E-state index contributed by atoms with van der Waals surface area (Å²) in [5, 5.41) is 2.97. The molecule has 0 heterocycles. The van der Waals surface area contributed by atoms with Crippen LogP contribution in [0.5, 0.6) is 11.5 Å². The summed E-state index contributed by atoms with van der Waals surface area (Å²) >= 11 is 0. The minimum absolute atomic E-state index is 0.0769. The second-order valence-corrected chi connectivity index (χ2v) is 13.6. The highest BCUT2D eigenvalue weighted by molar-refractivity contribution is 7.92. The fraction of sp³-hybridized carbons (Fsp3) is 0.297. The monoisotopic (exact) mass is 657 g/mol. The number of hydrogen-bond acceptors (Lipinski definition) is 6. The van der Waals surface area contributed by atoms with Crippen LogP contribution in [0.2, 0.25) is 0 Å². The lowest BCUT2D eigenvalue weighted by atomic mass is 10.0. The minimum atomic E-state index is -4.31. The van der Waals surface area contributed by atoms with Crippen LogP contribution in [0.1, 0.15) is 36.1 Å². The number of benzene rings is 4. The van der Waals surface area contributed by atoms with Gasteiger partial charge < -0.3 is 19.7 Å². The van der Waals surface area contributed by atoms with Gasteiger partial charge in [-0.3, -0.25) is 13.9 Å². The summed E-state index contributed by atoms with van der Waals surface area (Å²) in [4.78, 5) is 29.8. The van der Waals surface area contributed by atoms with Crippen molar-refractivity contribution >= 4 is 27.5 Å². The molecule has 10 heteroatoms. The number of aryl methyl sites for hydroxylation is 2. The van der Waals surface area contributed by atoms with E-state index >= 15 is 0 Å². The Kier molecular flexibility index (Phi) is 11.7. The zero-order valence-electron chi connectivity index (χ0n) is 27.8. The van der Waals surface area contributed by atoms with Gasteiger partial charge in [0.25, 0.3) is 10.0 Å². The zero-order valence-corrected chi connectivity index (χ0v) is 28.6. The predicted molar refractivity (Wildman–Crippen MR) is 184 cm³/mol. The van der Waals surface area contributed by atoms with Crippen LogP contribution in [0.3, 0.4) is 0 Å². The summed E-state index contributed by atoms with van der Waals surface area (Å²) in [7, 11) is -1.42. The molecular weight excluding hydrogens is 614 g/mol. The summed E-state index contributed by atoms with van der Waals surface area (Å²) in [5.41, 5.74) is 3.96. The number of nitrogens with one attached hydrogen (secondary N) is 1. The fourth-order valence-electron chi connectivity index (χ4n) is 5.17. The number of anilines is 1. The fourth-order valence-corrected chi connectivity index (χ4v) is 6.60. The average Bonchev–Trinajstić information content (AvgIpc) is 3.06. The maximum absolute atomic E-state index is 14.6. The summed E-state index contributed by atoms with van der Waals surface area (Å²) in [6, 6.07) is 27.3. The van der Waals surface area contributed by atoms with Gasteiger partial charge in [-0.25, -0.2) is 8.42 Å². The minimum Gasteiger partial charge on any atom is -0.493 e. The summed E-state index contributed by atoms with van der Waals surface area (Å²) < 4.78 is 40.5. The lowest BCUT2D eigenvalue weighted by Gasteiger charge is -2.34. The van der Waals surface area contributed by atoms with E-state index in [1.807, 2.05) is 82.3 Å². The molecule has 4 rings (SSSR count). The van der Waals surface area contributed by atoms with E-state index in [-0.39, 0.29) is 35.6 Å². The first-order valence-corrected chi connectivity index (χ1v) is 16.9. The van der Waals surface area contributed by atoms with Crippen LogP contribution in [0.25, 0.3) is 0 Å². The van der Waals surface area contributed by atoms with Crippen molar-refractivity contribution in [3.05, 3.63) is 119 Å². The standard InChI is InChI=1S/C37H43N3O6S/c1-26(2)38-37(42)33(22-29-10-8-7-9-11-29)39(24-30-16-12-27(3)13-17-30)36(41)25-40(31-18-14-28(4)15-19-31)47(43,44)32-20-21-34(45-5)35(23-32)46-6/h7-21,23,26,33H,22,24-25H2,1-6H3,(H,38,42)/t33-/m0/s1. The van der Waals surface area contributed by atoms with Crippen molar-refractivity contribution in [2.75, 3.05) is 25.1 Å². The quantitative estimate of drug-likeness (QED) is 0.187. The van der Waals surface area contributed by atoms with E-state index in [9.17, 15) is 18.0 Å². The maximum atomic E-state index is 14.6. The third-order valence-electron chi connectivity index (χ3n) is 7.72. The van der Waals surface area contributed by atoms with E-state index in [0.29, 0.717) is 11.4 Å². The molecule has 47 heavy (non-hydrogen) atoms. The normalized spacial score (nSPS) is 11.9. The molecule has 4 aromatic carbocycles. The lowest BCUT2D eigenvalue weighted by Crippen LogP contribution is -2.54.